The number of para-hydroxylation sites is 1. The summed E-state index contributed by atoms with van der Waals surface area (Å²) in [6.07, 6.45) is 1.20. The van der Waals surface area contributed by atoms with Crippen LogP contribution in [0.15, 0.2) is 71.9 Å². The van der Waals surface area contributed by atoms with E-state index in [2.05, 4.69) is 41.1 Å². The standard InChI is InChI=1S/C26H21N3O3/c1-2-28-20-6-4-3-5-17(20)24-21(28)13-11-19-26(24)23(25-18(27-19)12-14-22(25)30)15-7-9-16(10-8-15)29(31)32/h3-11,13,23,27H,2,12,14H2,1H3. The van der Waals surface area contributed by atoms with Crippen molar-refractivity contribution in [3.05, 3.63) is 93.2 Å². The lowest BCUT2D eigenvalue weighted by molar-refractivity contribution is -0.384. The Hall–Kier alpha value is -3.93. The Kier molecular flexibility index (Phi) is 3.99. The molecule has 6 heteroatoms. The Morgan fingerprint density at radius 3 is 2.56 bits per heavy atom. The average Bonchev–Trinajstić information content (AvgIpc) is 3.35. The number of nitrogens with one attached hydrogen (secondary N) is 1. The van der Waals surface area contributed by atoms with Gasteiger partial charge in [0.1, 0.15) is 0 Å². The van der Waals surface area contributed by atoms with E-state index >= 15 is 0 Å². The summed E-state index contributed by atoms with van der Waals surface area (Å²) in [7, 11) is 0. The van der Waals surface area contributed by atoms with Crippen molar-refractivity contribution in [1.82, 2.24) is 4.57 Å². The highest BCUT2D eigenvalue weighted by atomic mass is 16.6. The number of aryl methyl sites for hydroxylation is 1. The molecule has 158 valence electrons. The van der Waals surface area contributed by atoms with Crippen LogP contribution in [0, 0.1) is 10.1 Å². The molecule has 32 heavy (non-hydrogen) atoms. The van der Waals surface area contributed by atoms with Crippen molar-refractivity contribution in [2.24, 2.45) is 0 Å². The molecule has 0 radical (unpaired) electrons. The van der Waals surface area contributed by atoms with E-state index in [4.69, 9.17) is 0 Å². The van der Waals surface area contributed by atoms with Crippen LogP contribution in [0.4, 0.5) is 11.4 Å². The number of hydrogen-bond donors (Lipinski definition) is 1. The highest BCUT2D eigenvalue weighted by molar-refractivity contribution is 6.14. The molecular weight excluding hydrogens is 402 g/mol. The highest BCUT2D eigenvalue weighted by Crippen LogP contribution is 2.50. The molecule has 1 aliphatic heterocycles. The number of allylic oxidation sites excluding steroid dienone is 2. The molecule has 0 fully saturated rings. The Labute approximate surface area is 184 Å². The maximum atomic E-state index is 13.0. The number of anilines is 1. The first-order chi connectivity index (χ1) is 15.6. The number of carbonyl (C=O) groups excluding carboxylic acids is 1. The topological polar surface area (TPSA) is 77.2 Å². The van der Waals surface area contributed by atoms with Gasteiger partial charge in [-0.1, -0.05) is 30.3 Å². The Balaban J connectivity index is 1.70. The molecule has 1 atom stereocenters. The second kappa shape index (κ2) is 6.79. The third-order valence-corrected chi connectivity index (χ3v) is 6.82. The molecule has 1 aromatic heterocycles. The Bertz CT molecular complexity index is 1480. The lowest BCUT2D eigenvalue weighted by Gasteiger charge is -2.29. The smallest absolute Gasteiger partial charge is 0.269 e. The van der Waals surface area contributed by atoms with Crippen molar-refractivity contribution >= 4 is 39.0 Å². The van der Waals surface area contributed by atoms with Gasteiger partial charge in [0.25, 0.3) is 5.69 Å². The number of rotatable bonds is 3. The lowest BCUT2D eigenvalue weighted by atomic mass is 9.79. The molecule has 1 N–H and O–H groups in total. The van der Waals surface area contributed by atoms with E-state index < -0.39 is 4.92 Å². The van der Waals surface area contributed by atoms with E-state index in [1.54, 1.807) is 12.1 Å². The van der Waals surface area contributed by atoms with Gasteiger partial charge in [-0.15, -0.1) is 0 Å². The Morgan fingerprint density at radius 1 is 1.03 bits per heavy atom. The molecule has 1 unspecified atom stereocenters. The van der Waals surface area contributed by atoms with Gasteiger partial charge in [-0.2, -0.15) is 0 Å². The van der Waals surface area contributed by atoms with Crippen LogP contribution < -0.4 is 5.32 Å². The van der Waals surface area contributed by atoms with Crippen molar-refractivity contribution in [3.63, 3.8) is 0 Å². The third-order valence-electron chi connectivity index (χ3n) is 6.82. The van der Waals surface area contributed by atoms with Crippen LogP contribution in [0.25, 0.3) is 21.8 Å². The van der Waals surface area contributed by atoms with Crippen LogP contribution in [0.5, 0.6) is 0 Å². The van der Waals surface area contributed by atoms with Gasteiger partial charge in [-0.05, 0) is 42.7 Å². The van der Waals surface area contributed by atoms with E-state index in [-0.39, 0.29) is 17.4 Å². The number of fused-ring (bicyclic) bond motifs is 5. The number of nitro groups is 1. The number of nitrogens with zero attached hydrogens (tertiary/aromatic N) is 2. The molecule has 1 aliphatic carbocycles. The fourth-order valence-corrected chi connectivity index (χ4v) is 5.49. The van der Waals surface area contributed by atoms with Gasteiger partial charge in [0.05, 0.1) is 4.92 Å². The predicted octanol–water partition coefficient (Wildman–Crippen LogP) is 5.90. The molecule has 0 saturated heterocycles. The van der Waals surface area contributed by atoms with Gasteiger partial charge < -0.3 is 9.88 Å². The van der Waals surface area contributed by atoms with Gasteiger partial charge in [-0.3, -0.25) is 14.9 Å². The predicted molar refractivity (Wildman–Crippen MR) is 125 cm³/mol. The molecule has 6 nitrogen and oxygen atoms in total. The van der Waals surface area contributed by atoms with Crippen LogP contribution in [0.1, 0.15) is 36.8 Å². The van der Waals surface area contributed by atoms with Gasteiger partial charge in [0.15, 0.2) is 5.78 Å². The summed E-state index contributed by atoms with van der Waals surface area (Å²) in [5.74, 6) is -0.102. The van der Waals surface area contributed by atoms with Crippen molar-refractivity contribution in [2.75, 3.05) is 5.32 Å². The number of Topliss-reactive ketones (excluding diaryl/α,β-unsaturated/α-hetero) is 1. The first-order valence-corrected chi connectivity index (χ1v) is 10.9. The molecule has 4 aromatic rings. The minimum atomic E-state index is -0.390. The van der Waals surface area contributed by atoms with Crippen LogP contribution >= 0.6 is 0 Å². The first-order valence-electron chi connectivity index (χ1n) is 10.9. The normalized spacial score (nSPS) is 17.5. The van der Waals surface area contributed by atoms with Crippen molar-refractivity contribution in [3.8, 4) is 0 Å². The van der Waals surface area contributed by atoms with Crippen molar-refractivity contribution in [2.45, 2.75) is 32.2 Å². The lowest BCUT2D eigenvalue weighted by Crippen LogP contribution is -2.19. The van der Waals surface area contributed by atoms with Crippen LogP contribution in [-0.2, 0) is 11.3 Å². The first kappa shape index (κ1) is 18.8. The van der Waals surface area contributed by atoms with E-state index in [1.807, 2.05) is 12.1 Å². The quantitative estimate of drug-likeness (QED) is 0.329. The number of aromatic nitrogens is 1. The minimum absolute atomic E-state index is 0.0515. The number of hydrogen-bond acceptors (Lipinski definition) is 4. The average molecular weight is 423 g/mol. The zero-order valence-electron chi connectivity index (χ0n) is 17.6. The van der Waals surface area contributed by atoms with Crippen molar-refractivity contribution < 1.29 is 9.72 Å². The molecule has 2 heterocycles. The maximum absolute atomic E-state index is 13.0. The van der Waals surface area contributed by atoms with E-state index in [1.165, 1.54) is 17.6 Å². The molecule has 0 bridgehead atoms. The summed E-state index contributed by atoms with van der Waals surface area (Å²) >= 11 is 0. The monoisotopic (exact) mass is 423 g/mol. The summed E-state index contributed by atoms with van der Waals surface area (Å²) in [6.45, 7) is 2.98. The van der Waals surface area contributed by atoms with Gasteiger partial charge in [0.2, 0.25) is 0 Å². The molecular formula is C26H21N3O3. The number of benzene rings is 3. The van der Waals surface area contributed by atoms with Crippen LogP contribution in [0.3, 0.4) is 0 Å². The fraction of sp³-hybridized carbons (Fsp3) is 0.192. The second-order valence-electron chi connectivity index (χ2n) is 8.40. The molecule has 0 spiro atoms. The molecule has 0 amide bonds. The van der Waals surface area contributed by atoms with Gasteiger partial charge in [-0.25, -0.2) is 0 Å². The van der Waals surface area contributed by atoms with Gasteiger partial charge >= 0.3 is 0 Å². The molecule has 2 aliphatic rings. The maximum Gasteiger partial charge on any atom is 0.269 e. The fourth-order valence-electron chi connectivity index (χ4n) is 5.49. The SMILES string of the molecule is CCn1c2ccccc2c2c3c(ccc21)NC1=C(C(=O)CC1)C3c1ccc([N+](=O)[O-])cc1. The minimum Gasteiger partial charge on any atom is -0.358 e. The molecule has 3 aromatic carbocycles. The van der Waals surface area contributed by atoms with E-state index in [9.17, 15) is 14.9 Å². The second-order valence-corrected chi connectivity index (χ2v) is 8.40. The van der Waals surface area contributed by atoms with E-state index in [0.29, 0.717) is 12.8 Å². The summed E-state index contributed by atoms with van der Waals surface area (Å²) in [4.78, 5) is 23.8. The number of carbonyl (C=O) groups is 1. The zero-order valence-corrected chi connectivity index (χ0v) is 17.6. The zero-order chi connectivity index (χ0) is 22.0. The van der Waals surface area contributed by atoms with Crippen LogP contribution in [0.2, 0.25) is 0 Å². The Morgan fingerprint density at radius 2 is 1.81 bits per heavy atom. The highest BCUT2D eigenvalue weighted by Gasteiger charge is 2.38. The van der Waals surface area contributed by atoms with Gasteiger partial charge in [0, 0.05) is 69.8 Å². The molecule has 0 saturated carbocycles. The van der Waals surface area contributed by atoms with Crippen molar-refractivity contribution in [1.29, 1.82) is 0 Å². The largest absolute Gasteiger partial charge is 0.358 e. The summed E-state index contributed by atoms with van der Waals surface area (Å²) in [5, 5.41) is 17.0. The number of nitro benzene ring substituents is 1. The summed E-state index contributed by atoms with van der Waals surface area (Å²) in [6, 6.07) is 19.3. The number of ketones is 1. The summed E-state index contributed by atoms with van der Waals surface area (Å²) in [5.41, 5.74) is 7.12. The summed E-state index contributed by atoms with van der Waals surface area (Å²) < 4.78 is 2.30. The van der Waals surface area contributed by atoms with E-state index in [0.717, 1.165) is 50.9 Å². The third kappa shape index (κ3) is 2.49. The number of non-ortho nitro benzene ring substituents is 1. The van der Waals surface area contributed by atoms with Crippen LogP contribution in [-0.4, -0.2) is 15.3 Å². The molecule has 6 rings (SSSR count).